The highest BCUT2D eigenvalue weighted by Gasteiger charge is 2.62. The van der Waals surface area contributed by atoms with Crippen molar-refractivity contribution in [3.8, 4) is 0 Å². The maximum Gasteiger partial charge on any atom is 0.269 e. The number of nitro benzene ring substituents is 1. The summed E-state index contributed by atoms with van der Waals surface area (Å²) in [5.41, 5.74) is 2.26. The molecule has 39 heavy (non-hydrogen) atoms. The molecule has 1 aromatic rings. The zero-order valence-electron chi connectivity index (χ0n) is 23.8. The number of aliphatic hydroxyl groups is 2. The molecule has 214 valence electrons. The van der Waals surface area contributed by atoms with Gasteiger partial charge in [-0.2, -0.15) is 0 Å². The fraction of sp³-hybridized carbons (Fsp3) is 0.781. The number of nitro groups is 1. The standard InChI is InChI=1S/C32H46N2O5/c1-19(4-9-29(37)33-15-12-20-16-22(34(38)39)5-8-27(20)33)24-6-7-25-30-26(11-14-32(24,25)3)31(2)13-10-23(35)17-21(31)18-28(30)36/h5,8,16,19,21,23-26,28,30,35-36H,4,6-7,9-15,17-18H2,1-3H3/t19-,21+,23-,24-,25+,26+,28-,30+,31+,32-/m1/s1. The number of hydrogen-bond donors (Lipinski definition) is 2. The van der Waals surface area contributed by atoms with E-state index >= 15 is 0 Å². The van der Waals surface area contributed by atoms with Crippen LogP contribution in [0.15, 0.2) is 18.2 Å². The molecular weight excluding hydrogens is 492 g/mol. The Morgan fingerprint density at radius 1 is 1.10 bits per heavy atom. The maximum atomic E-state index is 13.3. The van der Waals surface area contributed by atoms with Crippen molar-refractivity contribution >= 4 is 17.3 Å². The second-order valence-corrected chi connectivity index (χ2v) is 14.3. The Kier molecular flexibility index (Phi) is 6.85. The second kappa shape index (κ2) is 9.83. The predicted molar refractivity (Wildman–Crippen MR) is 150 cm³/mol. The van der Waals surface area contributed by atoms with Crippen molar-refractivity contribution in [2.24, 2.45) is 46.3 Å². The molecule has 0 aromatic heterocycles. The van der Waals surface area contributed by atoms with Gasteiger partial charge < -0.3 is 15.1 Å². The van der Waals surface area contributed by atoms with E-state index in [-0.39, 0.29) is 39.6 Å². The molecule has 2 N–H and O–H groups in total. The highest BCUT2D eigenvalue weighted by Crippen LogP contribution is 2.68. The van der Waals surface area contributed by atoms with Gasteiger partial charge in [0.1, 0.15) is 0 Å². The first kappa shape index (κ1) is 27.2. The minimum Gasteiger partial charge on any atom is -0.393 e. The van der Waals surface area contributed by atoms with Crippen LogP contribution in [-0.4, -0.2) is 39.8 Å². The molecule has 5 aliphatic rings. The van der Waals surface area contributed by atoms with Gasteiger partial charge in [-0.25, -0.2) is 0 Å². The summed E-state index contributed by atoms with van der Waals surface area (Å²) in [5.74, 6) is 3.02. The number of amides is 1. The van der Waals surface area contributed by atoms with Gasteiger partial charge in [-0.05, 0) is 122 Å². The molecule has 4 aliphatic carbocycles. The highest BCUT2D eigenvalue weighted by atomic mass is 16.6. The van der Waals surface area contributed by atoms with Gasteiger partial charge >= 0.3 is 0 Å². The van der Waals surface area contributed by atoms with E-state index in [0.717, 1.165) is 43.4 Å². The minimum absolute atomic E-state index is 0.0871. The summed E-state index contributed by atoms with van der Waals surface area (Å²) in [7, 11) is 0. The molecule has 4 fully saturated rings. The third-order valence-electron chi connectivity index (χ3n) is 12.7. The van der Waals surface area contributed by atoms with Crippen LogP contribution in [0.4, 0.5) is 11.4 Å². The van der Waals surface area contributed by atoms with Crippen LogP contribution in [0, 0.1) is 56.5 Å². The van der Waals surface area contributed by atoms with Crippen LogP contribution < -0.4 is 4.90 Å². The Hall–Kier alpha value is -1.99. The number of benzene rings is 1. The fourth-order valence-corrected chi connectivity index (χ4v) is 10.6. The van der Waals surface area contributed by atoms with Crippen molar-refractivity contribution in [1.82, 2.24) is 0 Å². The summed E-state index contributed by atoms with van der Waals surface area (Å²) in [6.07, 6.45) is 10.0. The lowest BCUT2D eigenvalue weighted by Crippen LogP contribution is -2.58. The number of carbonyl (C=O) groups excluding carboxylic acids is 1. The summed E-state index contributed by atoms with van der Waals surface area (Å²) >= 11 is 0. The average molecular weight is 539 g/mol. The van der Waals surface area contributed by atoms with Gasteiger partial charge in [0.05, 0.1) is 17.1 Å². The van der Waals surface area contributed by atoms with E-state index in [0.29, 0.717) is 54.9 Å². The summed E-state index contributed by atoms with van der Waals surface area (Å²) in [5, 5.41) is 33.0. The number of hydrogen-bond acceptors (Lipinski definition) is 5. The zero-order valence-corrected chi connectivity index (χ0v) is 23.8. The van der Waals surface area contributed by atoms with Gasteiger partial charge in [-0.3, -0.25) is 14.9 Å². The fourth-order valence-electron chi connectivity index (χ4n) is 10.6. The van der Waals surface area contributed by atoms with Gasteiger partial charge in [0.2, 0.25) is 5.91 Å². The molecule has 7 nitrogen and oxygen atoms in total. The van der Waals surface area contributed by atoms with E-state index in [4.69, 9.17) is 0 Å². The van der Waals surface area contributed by atoms with Gasteiger partial charge in [-0.1, -0.05) is 20.8 Å². The third-order valence-corrected chi connectivity index (χ3v) is 12.7. The molecule has 10 atom stereocenters. The number of aliphatic hydroxyl groups excluding tert-OH is 2. The molecule has 4 saturated carbocycles. The Morgan fingerprint density at radius 2 is 1.85 bits per heavy atom. The first-order chi connectivity index (χ1) is 18.5. The van der Waals surface area contributed by atoms with Gasteiger partial charge in [-0.15, -0.1) is 0 Å². The number of carbonyl (C=O) groups is 1. The third kappa shape index (κ3) is 4.34. The Morgan fingerprint density at radius 3 is 2.62 bits per heavy atom. The van der Waals surface area contributed by atoms with E-state index in [9.17, 15) is 25.1 Å². The van der Waals surface area contributed by atoms with Crippen LogP contribution in [-0.2, 0) is 11.2 Å². The molecule has 0 bridgehead atoms. The number of anilines is 1. The Labute approximate surface area is 232 Å². The zero-order chi connectivity index (χ0) is 27.7. The molecule has 6 rings (SSSR count). The van der Waals surface area contributed by atoms with E-state index in [1.54, 1.807) is 12.1 Å². The molecule has 1 amide bonds. The molecular formula is C32H46N2O5. The monoisotopic (exact) mass is 538 g/mol. The molecule has 1 aliphatic heterocycles. The number of fused-ring (bicyclic) bond motifs is 6. The molecule has 7 heteroatoms. The van der Waals surface area contributed by atoms with Crippen LogP contribution in [0.1, 0.15) is 90.5 Å². The number of non-ortho nitro benzene ring substituents is 1. The minimum atomic E-state index is -0.375. The van der Waals surface area contributed by atoms with Crippen molar-refractivity contribution in [3.05, 3.63) is 33.9 Å². The van der Waals surface area contributed by atoms with Gasteiger partial charge in [0, 0.05) is 30.8 Å². The SMILES string of the molecule is C[C@H](CCC(=O)N1CCc2cc([N+](=O)[O-])ccc21)[C@H]1CC[C@H]2[C@@H]3[C@H](O)C[C@@H]4C[C@H](O)CC[C@]4(C)[C@H]3CC[C@]12C. The van der Waals surface area contributed by atoms with Crippen molar-refractivity contribution < 1.29 is 19.9 Å². The molecule has 1 aromatic carbocycles. The Bertz CT molecular complexity index is 1140. The molecule has 0 unspecified atom stereocenters. The second-order valence-electron chi connectivity index (χ2n) is 14.3. The Balaban J connectivity index is 1.12. The molecule has 0 saturated heterocycles. The van der Waals surface area contributed by atoms with E-state index < -0.39 is 0 Å². The van der Waals surface area contributed by atoms with Crippen LogP contribution in [0.2, 0.25) is 0 Å². The summed E-state index contributed by atoms with van der Waals surface area (Å²) < 4.78 is 0. The highest BCUT2D eigenvalue weighted by molar-refractivity contribution is 5.95. The van der Waals surface area contributed by atoms with Gasteiger partial charge in [0.15, 0.2) is 0 Å². The van der Waals surface area contributed by atoms with Crippen LogP contribution in [0.25, 0.3) is 0 Å². The first-order valence-corrected chi connectivity index (χ1v) is 15.5. The summed E-state index contributed by atoms with van der Waals surface area (Å²) in [6.45, 7) is 7.88. The lowest BCUT2D eigenvalue weighted by atomic mass is 9.43. The topological polar surface area (TPSA) is 104 Å². The molecule has 0 spiro atoms. The van der Waals surface area contributed by atoms with E-state index in [2.05, 4.69) is 20.8 Å². The number of rotatable bonds is 5. The van der Waals surface area contributed by atoms with Gasteiger partial charge in [0.25, 0.3) is 5.69 Å². The van der Waals surface area contributed by atoms with Crippen molar-refractivity contribution in [3.63, 3.8) is 0 Å². The summed E-state index contributed by atoms with van der Waals surface area (Å²) in [6, 6.07) is 4.84. The normalized spacial score (nSPS) is 41.8. The van der Waals surface area contributed by atoms with E-state index in [1.165, 1.54) is 31.7 Å². The van der Waals surface area contributed by atoms with Crippen LogP contribution in [0.5, 0.6) is 0 Å². The molecule has 0 radical (unpaired) electrons. The quantitative estimate of drug-likeness (QED) is 0.359. The lowest BCUT2D eigenvalue weighted by molar-refractivity contribution is -0.384. The van der Waals surface area contributed by atoms with Crippen molar-refractivity contribution in [2.75, 3.05) is 11.4 Å². The average Bonchev–Trinajstić information content (AvgIpc) is 3.48. The van der Waals surface area contributed by atoms with Crippen molar-refractivity contribution in [2.45, 2.75) is 104 Å². The summed E-state index contributed by atoms with van der Waals surface area (Å²) in [4.78, 5) is 25.9. The lowest BCUT2D eigenvalue weighted by Gasteiger charge is -2.62. The van der Waals surface area contributed by atoms with Crippen LogP contribution in [0.3, 0.4) is 0 Å². The van der Waals surface area contributed by atoms with E-state index in [1.807, 2.05) is 4.90 Å². The largest absolute Gasteiger partial charge is 0.393 e. The number of nitrogens with zero attached hydrogens (tertiary/aromatic N) is 2. The maximum absolute atomic E-state index is 13.3. The smallest absolute Gasteiger partial charge is 0.269 e. The van der Waals surface area contributed by atoms with Crippen molar-refractivity contribution in [1.29, 1.82) is 0 Å². The first-order valence-electron chi connectivity index (χ1n) is 15.5. The van der Waals surface area contributed by atoms with Crippen LogP contribution >= 0.6 is 0 Å². The molecule has 1 heterocycles. The predicted octanol–water partition coefficient (Wildman–Crippen LogP) is 5.89.